The lowest BCUT2D eigenvalue weighted by molar-refractivity contribution is -0.131. The topological polar surface area (TPSA) is 138 Å². The second kappa shape index (κ2) is 17.1. The van der Waals surface area contributed by atoms with Crippen LogP contribution in [0.2, 0.25) is 0 Å². The van der Waals surface area contributed by atoms with Gasteiger partial charge in [0.2, 0.25) is 12.3 Å². The zero-order valence-corrected chi connectivity index (χ0v) is 34.3. The minimum absolute atomic E-state index is 0.0722. The Balaban J connectivity index is 0.000000177. The van der Waals surface area contributed by atoms with Crippen LogP contribution in [0.5, 0.6) is 5.75 Å². The van der Waals surface area contributed by atoms with E-state index in [2.05, 4.69) is 80.8 Å². The van der Waals surface area contributed by atoms with Crippen LogP contribution in [0.4, 0.5) is 5.82 Å². The molecule has 2 saturated heterocycles. The van der Waals surface area contributed by atoms with Gasteiger partial charge >= 0.3 is 0 Å². The van der Waals surface area contributed by atoms with E-state index < -0.39 is 0 Å². The lowest BCUT2D eigenvalue weighted by atomic mass is 9.56. The van der Waals surface area contributed by atoms with E-state index in [1.807, 2.05) is 48.8 Å². The van der Waals surface area contributed by atoms with Crippen LogP contribution < -0.4 is 10.2 Å². The molecule has 3 aromatic heterocycles. The number of rotatable bonds is 10. The molecule has 1 unspecified atom stereocenters. The Bertz CT molecular complexity index is 2360. The second-order valence-corrected chi connectivity index (χ2v) is 17.4. The van der Waals surface area contributed by atoms with E-state index >= 15 is 0 Å². The van der Waals surface area contributed by atoms with Gasteiger partial charge < -0.3 is 24.7 Å². The van der Waals surface area contributed by atoms with E-state index in [1.54, 1.807) is 22.3 Å². The van der Waals surface area contributed by atoms with Gasteiger partial charge in [0.05, 0.1) is 27.3 Å². The fourth-order valence-corrected chi connectivity index (χ4v) is 9.59. The van der Waals surface area contributed by atoms with Crippen molar-refractivity contribution in [3.05, 3.63) is 107 Å². The molecule has 12 heteroatoms. The number of phenols is 1. The van der Waals surface area contributed by atoms with Gasteiger partial charge in [0, 0.05) is 49.6 Å². The first-order chi connectivity index (χ1) is 28.2. The van der Waals surface area contributed by atoms with Crippen LogP contribution in [-0.4, -0.2) is 68.3 Å². The maximum Gasteiger partial charge on any atom is 0.243 e. The molecule has 3 aliphatic rings. The van der Waals surface area contributed by atoms with E-state index in [9.17, 15) is 14.7 Å². The number of amides is 2. The average molecular weight is 798 g/mol. The number of carbonyl (C=O) groups excluding carboxylic acids is 2. The Morgan fingerprint density at radius 2 is 1.81 bits per heavy atom. The minimum atomic E-state index is -0.313. The number of piperidine rings is 1. The Labute approximate surface area is 343 Å². The third-order valence-electron chi connectivity index (χ3n) is 12.1. The van der Waals surface area contributed by atoms with Gasteiger partial charge in [-0.25, -0.2) is 4.98 Å². The Morgan fingerprint density at radius 3 is 2.53 bits per heavy atom. The van der Waals surface area contributed by atoms with Crippen LogP contribution in [0.3, 0.4) is 0 Å². The summed E-state index contributed by atoms with van der Waals surface area (Å²) in [4.78, 5) is 32.5. The number of thiazole rings is 1. The highest BCUT2D eigenvalue weighted by molar-refractivity contribution is 7.13. The molecule has 5 heterocycles. The van der Waals surface area contributed by atoms with Crippen LogP contribution >= 0.6 is 11.3 Å². The second-order valence-electron chi connectivity index (χ2n) is 16.6. The summed E-state index contributed by atoms with van der Waals surface area (Å²) in [6.07, 6.45) is 8.26. The minimum Gasteiger partial charge on any atom is -0.507 e. The first-order valence-electron chi connectivity index (χ1n) is 20.4. The maximum absolute atomic E-state index is 12.2. The first kappa shape index (κ1) is 39.2. The van der Waals surface area contributed by atoms with Crippen molar-refractivity contribution in [3.8, 4) is 27.4 Å². The molecular weight excluding hydrogens is 747 g/mol. The van der Waals surface area contributed by atoms with Crippen molar-refractivity contribution in [2.45, 2.75) is 84.2 Å². The van der Waals surface area contributed by atoms with Crippen molar-refractivity contribution in [3.63, 3.8) is 0 Å². The van der Waals surface area contributed by atoms with Crippen molar-refractivity contribution in [1.82, 2.24) is 30.6 Å². The van der Waals surface area contributed by atoms with E-state index in [4.69, 9.17) is 4.52 Å². The Hall–Kier alpha value is -5.62. The fraction of sp³-hybridized carbons (Fsp3) is 0.391. The molecule has 1 aliphatic carbocycles. The monoisotopic (exact) mass is 797 g/mol. The largest absolute Gasteiger partial charge is 0.507 e. The Kier molecular flexibility index (Phi) is 11.5. The molecule has 1 saturated carbocycles. The quantitative estimate of drug-likeness (QED) is 0.130. The molecule has 2 amide bonds. The molecule has 6 aromatic rings. The molecule has 3 aromatic carbocycles. The van der Waals surface area contributed by atoms with Gasteiger partial charge in [-0.3, -0.25) is 9.59 Å². The molecule has 2 aliphatic heterocycles. The summed E-state index contributed by atoms with van der Waals surface area (Å²) < 4.78 is 5.55. The number of aryl methyl sites for hydroxylation is 1. The van der Waals surface area contributed by atoms with E-state index in [1.165, 1.54) is 36.1 Å². The van der Waals surface area contributed by atoms with Crippen molar-refractivity contribution in [2.75, 3.05) is 24.5 Å². The van der Waals surface area contributed by atoms with Gasteiger partial charge in [-0.2, -0.15) is 0 Å². The fourth-order valence-electron chi connectivity index (χ4n) is 8.78. The molecule has 2 N–H and O–H groups in total. The highest BCUT2D eigenvalue weighted by atomic mass is 32.1. The van der Waals surface area contributed by atoms with Gasteiger partial charge in [-0.05, 0) is 104 Å². The molecule has 9 rings (SSSR count). The van der Waals surface area contributed by atoms with Crippen molar-refractivity contribution in [2.24, 2.45) is 11.3 Å². The molecule has 3 fully saturated rings. The molecule has 0 bridgehead atoms. The number of fused-ring (bicyclic) bond motifs is 1. The number of aromatic nitrogens is 4. The number of aromatic hydroxyl groups is 1. The molecular formula is C46H51N7O4S. The van der Waals surface area contributed by atoms with E-state index in [0.717, 1.165) is 78.1 Å². The SMILES string of the molecule is CC(C)Cc1cc(N2CCC3(CC2)CC(c2ccc4cc(-c5ccccc5O)nnc4c2)C3)no1.Cc1ncsc1-c1ccc(CNC(=O)C2CCCN2C=O)cc1. The number of phenolic OH excluding ortho intramolecular Hbond substituents is 1. The maximum atomic E-state index is 12.2. The van der Waals surface area contributed by atoms with E-state index in [0.29, 0.717) is 41.6 Å². The lowest BCUT2D eigenvalue weighted by Gasteiger charge is -2.52. The average Bonchev–Trinajstić information content (AvgIpc) is 4.01. The highest BCUT2D eigenvalue weighted by Gasteiger charge is 2.46. The van der Waals surface area contributed by atoms with Crippen LogP contribution in [0, 0.1) is 18.3 Å². The van der Waals surface area contributed by atoms with Gasteiger partial charge in [0.15, 0.2) is 5.82 Å². The van der Waals surface area contributed by atoms with Gasteiger partial charge in [-0.1, -0.05) is 67.5 Å². The summed E-state index contributed by atoms with van der Waals surface area (Å²) in [5, 5.41) is 27.3. The Morgan fingerprint density at radius 1 is 1.02 bits per heavy atom. The van der Waals surface area contributed by atoms with Gasteiger partial charge in [-0.15, -0.1) is 21.5 Å². The van der Waals surface area contributed by atoms with Crippen molar-refractivity contribution < 1.29 is 19.2 Å². The van der Waals surface area contributed by atoms with E-state index in [-0.39, 0.29) is 17.7 Å². The summed E-state index contributed by atoms with van der Waals surface area (Å²) in [5.41, 5.74) is 9.21. The summed E-state index contributed by atoms with van der Waals surface area (Å²) >= 11 is 1.63. The summed E-state index contributed by atoms with van der Waals surface area (Å²) in [5.74, 6) is 3.32. The third kappa shape index (κ3) is 8.62. The van der Waals surface area contributed by atoms with Gasteiger partial charge in [0.25, 0.3) is 0 Å². The number of anilines is 1. The number of nitrogens with one attached hydrogen (secondary N) is 1. The zero-order valence-electron chi connectivity index (χ0n) is 33.4. The van der Waals surface area contributed by atoms with Crippen molar-refractivity contribution in [1.29, 1.82) is 0 Å². The van der Waals surface area contributed by atoms with Crippen LogP contribution in [0.1, 0.15) is 80.9 Å². The van der Waals surface area contributed by atoms with Gasteiger partial charge in [0.1, 0.15) is 17.6 Å². The van der Waals surface area contributed by atoms with Crippen LogP contribution in [0.25, 0.3) is 32.6 Å². The molecule has 0 radical (unpaired) electrons. The zero-order chi connectivity index (χ0) is 40.2. The predicted molar refractivity (Wildman–Crippen MR) is 227 cm³/mol. The standard InChI is InChI=1S/C29H32N4O2.C17H19N3O2S/c1-19(2)13-23-16-28(32-35-23)33-11-9-29(10-12-33)17-22(18-29)20-7-8-21-15-26(31-30-25(21)14-20)24-5-3-4-6-27(24)34;1-12-16(23-10-19-12)14-6-4-13(5-7-14)9-18-17(22)15-3-2-8-20(15)11-21/h3-8,14-16,19,22,34H,9-13,17-18H2,1-2H3;4-7,10-11,15H,2-3,8-9H2,1H3,(H,18,22). The summed E-state index contributed by atoms with van der Waals surface area (Å²) in [6, 6.07) is 25.8. The van der Waals surface area contributed by atoms with Crippen LogP contribution in [0.15, 0.2) is 88.9 Å². The number of hydrogen-bond donors (Lipinski definition) is 2. The third-order valence-corrected chi connectivity index (χ3v) is 13.1. The smallest absolute Gasteiger partial charge is 0.243 e. The molecule has 58 heavy (non-hydrogen) atoms. The number of para-hydroxylation sites is 1. The predicted octanol–water partition coefficient (Wildman–Crippen LogP) is 8.71. The number of carbonyl (C=O) groups is 2. The molecule has 1 atom stereocenters. The van der Waals surface area contributed by atoms with Crippen LogP contribution in [-0.2, 0) is 22.6 Å². The molecule has 1 spiro atoms. The number of hydrogen-bond acceptors (Lipinski definition) is 10. The number of benzene rings is 3. The highest BCUT2D eigenvalue weighted by Crippen LogP contribution is 2.57. The molecule has 300 valence electrons. The number of likely N-dealkylation sites (tertiary alicyclic amines) is 1. The molecule has 11 nitrogen and oxygen atoms in total. The van der Waals surface area contributed by atoms with Crippen molar-refractivity contribution >= 4 is 40.4 Å². The lowest BCUT2D eigenvalue weighted by Crippen LogP contribution is -2.46. The first-order valence-corrected chi connectivity index (χ1v) is 21.3. The normalized spacial score (nSPS) is 17.6. The number of nitrogens with zero attached hydrogens (tertiary/aromatic N) is 6. The summed E-state index contributed by atoms with van der Waals surface area (Å²) in [6.45, 7) is 9.66. The summed E-state index contributed by atoms with van der Waals surface area (Å²) in [7, 11) is 0.